The lowest BCUT2D eigenvalue weighted by Gasteiger charge is -2.27. The Morgan fingerprint density at radius 2 is 1.77 bits per heavy atom. The summed E-state index contributed by atoms with van der Waals surface area (Å²) in [6, 6.07) is 7.36. The third kappa shape index (κ3) is 7.23. The Hall–Kier alpha value is -1.77. The van der Waals surface area contributed by atoms with Crippen LogP contribution in [0, 0.1) is 11.8 Å². The fourth-order valence-corrected chi connectivity index (χ4v) is 3.59. The third-order valence-corrected chi connectivity index (χ3v) is 5.26. The van der Waals surface area contributed by atoms with E-state index in [0.29, 0.717) is 12.4 Å². The molecule has 2 rings (SSSR count). The van der Waals surface area contributed by atoms with E-state index < -0.39 is 0 Å². The first-order valence-corrected chi connectivity index (χ1v) is 10.3. The molecule has 0 heterocycles. The molecule has 0 saturated heterocycles. The molecule has 0 aromatic heterocycles. The van der Waals surface area contributed by atoms with Crippen LogP contribution in [0.4, 0.5) is 0 Å². The van der Waals surface area contributed by atoms with Crippen LogP contribution >= 0.6 is 0 Å². The predicted molar refractivity (Wildman–Crippen MR) is 107 cm³/mol. The number of carbonyl (C=O) groups is 1. The summed E-state index contributed by atoms with van der Waals surface area (Å²) in [6.45, 7) is 6.62. The SMILES string of the molecule is C=CCCCOc1ccc(OC(=O)C2CCC(CCCCC)CC2)cc1. The van der Waals surface area contributed by atoms with E-state index in [2.05, 4.69) is 13.5 Å². The zero-order chi connectivity index (χ0) is 18.6. The molecule has 3 nitrogen and oxygen atoms in total. The van der Waals surface area contributed by atoms with Gasteiger partial charge < -0.3 is 9.47 Å². The second-order valence-electron chi connectivity index (χ2n) is 7.39. The molecule has 1 aliphatic rings. The summed E-state index contributed by atoms with van der Waals surface area (Å²) in [4.78, 5) is 12.4. The number of benzene rings is 1. The highest BCUT2D eigenvalue weighted by Gasteiger charge is 2.27. The van der Waals surface area contributed by atoms with Gasteiger partial charge in [-0.05, 0) is 68.7 Å². The van der Waals surface area contributed by atoms with Crippen LogP contribution in [0.5, 0.6) is 11.5 Å². The minimum Gasteiger partial charge on any atom is -0.494 e. The van der Waals surface area contributed by atoms with E-state index in [4.69, 9.17) is 9.47 Å². The molecular weight excluding hydrogens is 324 g/mol. The second-order valence-corrected chi connectivity index (χ2v) is 7.39. The normalized spacial score (nSPS) is 19.7. The second kappa shape index (κ2) is 11.8. The van der Waals surface area contributed by atoms with Gasteiger partial charge in [0, 0.05) is 0 Å². The maximum absolute atomic E-state index is 12.4. The summed E-state index contributed by atoms with van der Waals surface area (Å²) in [5.74, 6) is 2.21. The zero-order valence-electron chi connectivity index (χ0n) is 16.3. The molecule has 1 saturated carbocycles. The van der Waals surface area contributed by atoms with Crippen LogP contribution in [-0.2, 0) is 4.79 Å². The number of unbranched alkanes of at least 4 members (excludes halogenated alkanes) is 3. The summed E-state index contributed by atoms with van der Waals surface area (Å²) in [5, 5.41) is 0. The maximum atomic E-state index is 12.4. The molecule has 0 atom stereocenters. The lowest BCUT2D eigenvalue weighted by atomic mass is 9.80. The molecule has 1 fully saturated rings. The molecule has 1 aromatic carbocycles. The largest absolute Gasteiger partial charge is 0.494 e. The van der Waals surface area contributed by atoms with Gasteiger partial charge in [-0.15, -0.1) is 6.58 Å². The number of hydrogen-bond donors (Lipinski definition) is 0. The van der Waals surface area contributed by atoms with E-state index in [1.54, 1.807) is 0 Å². The highest BCUT2D eigenvalue weighted by atomic mass is 16.5. The first kappa shape index (κ1) is 20.5. The Morgan fingerprint density at radius 3 is 2.42 bits per heavy atom. The van der Waals surface area contributed by atoms with Gasteiger partial charge in [0.2, 0.25) is 0 Å². The van der Waals surface area contributed by atoms with Gasteiger partial charge in [-0.3, -0.25) is 4.79 Å². The molecule has 0 aliphatic heterocycles. The average molecular weight is 359 g/mol. The average Bonchev–Trinajstić information content (AvgIpc) is 2.67. The predicted octanol–water partition coefficient (Wildman–Crippen LogP) is 6.32. The molecule has 1 aromatic rings. The Labute approximate surface area is 158 Å². The quantitative estimate of drug-likeness (QED) is 0.201. The van der Waals surface area contributed by atoms with Crippen LogP contribution in [-0.4, -0.2) is 12.6 Å². The summed E-state index contributed by atoms with van der Waals surface area (Å²) in [6.07, 6.45) is 13.4. The first-order valence-electron chi connectivity index (χ1n) is 10.3. The van der Waals surface area contributed by atoms with Crippen molar-refractivity contribution in [2.75, 3.05) is 6.61 Å². The van der Waals surface area contributed by atoms with E-state index in [-0.39, 0.29) is 11.9 Å². The van der Waals surface area contributed by atoms with Gasteiger partial charge in [-0.1, -0.05) is 38.7 Å². The Morgan fingerprint density at radius 1 is 1.08 bits per heavy atom. The standard InChI is InChI=1S/C23H34O3/c1-3-5-7-9-19-10-12-20(13-11-19)23(24)26-22-16-14-21(15-17-22)25-18-8-6-4-2/h4,14-17,19-20H,2-3,5-13,18H2,1H3. The highest BCUT2D eigenvalue weighted by Crippen LogP contribution is 2.33. The minimum absolute atomic E-state index is 0.0623. The number of hydrogen-bond acceptors (Lipinski definition) is 3. The van der Waals surface area contributed by atoms with Crippen LogP contribution < -0.4 is 9.47 Å². The van der Waals surface area contributed by atoms with E-state index in [1.165, 1.54) is 38.5 Å². The van der Waals surface area contributed by atoms with Gasteiger partial charge in [0.15, 0.2) is 0 Å². The molecule has 26 heavy (non-hydrogen) atoms. The molecule has 0 unspecified atom stereocenters. The molecule has 0 bridgehead atoms. The molecule has 1 aliphatic carbocycles. The highest BCUT2D eigenvalue weighted by molar-refractivity contribution is 5.75. The number of allylic oxidation sites excluding steroid dienone is 1. The van der Waals surface area contributed by atoms with Crippen LogP contribution in [0.3, 0.4) is 0 Å². The third-order valence-electron chi connectivity index (χ3n) is 5.26. The van der Waals surface area contributed by atoms with E-state index in [1.807, 2.05) is 30.3 Å². The molecular formula is C23H34O3. The van der Waals surface area contributed by atoms with Crippen molar-refractivity contribution in [2.45, 2.75) is 71.1 Å². The smallest absolute Gasteiger partial charge is 0.314 e. The van der Waals surface area contributed by atoms with Crippen molar-refractivity contribution in [3.63, 3.8) is 0 Å². The Bertz CT molecular complexity index is 527. The topological polar surface area (TPSA) is 35.5 Å². The molecule has 0 N–H and O–H groups in total. The minimum atomic E-state index is -0.0725. The summed E-state index contributed by atoms with van der Waals surface area (Å²) >= 11 is 0. The fraction of sp³-hybridized carbons (Fsp3) is 0.609. The van der Waals surface area contributed by atoms with Crippen LogP contribution in [0.2, 0.25) is 0 Å². The van der Waals surface area contributed by atoms with Crippen LogP contribution in [0.15, 0.2) is 36.9 Å². The molecule has 0 radical (unpaired) electrons. The van der Waals surface area contributed by atoms with Crippen LogP contribution in [0.25, 0.3) is 0 Å². The maximum Gasteiger partial charge on any atom is 0.314 e. The van der Waals surface area contributed by atoms with Crippen molar-refractivity contribution in [1.29, 1.82) is 0 Å². The lowest BCUT2D eigenvalue weighted by molar-refractivity contribution is -0.140. The van der Waals surface area contributed by atoms with Gasteiger partial charge in [0.25, 0.3) is 0 Å². The lowest BCUT2D eigenvalue weighted by Crippen LogP contribution is -2.25. The van der Waals surface area contributed by atoms with Crippen molar-refractivity contribution >= 4 is 5.97 Å². The summed E-state index contributed by atoms with van der Waals surface area (Å²) < 4.78 is 11.2. The number of carbonyl (C=O) groups excluding carboxylic acids is 1. The van der Waals surface area contributed by atoms with E-state index in [9.17, 15) is 4.79 Å². The van der Waals surface area contributed by atoms with Gasteiger partial charge in [0.05, 0.1) is 12.5 Å². The Kier molecular flexibility index (Phi) is 9.30. The van der Waals surface area contributed by atoms with Crippen LogP contribution in [0.1, 0.15) is 71.1 Å². The van der Waals surface area contributed by atoms with Gasteiger partial charge in [-0.25, -0.2) is 0 Å². The first-order chi connectivity index (χ1) is 12.7. The zero-order valence-corrected chi connectivity index (χ0v) is 16.3. The number of rotatable bonds is 11. The summed E-state index contributed by atoms with van der Waals surface area (Å²) in [7, 11) is 0. The number of esters is 1. The van der Waals surface area contributed by atoms with Crippen molar-refractivity contribution < 1.29 is 14.3 Å². The molecule has 144 valence electrons. The number of ether oxygens (including phenoxy) is 2. The van der Waals surface area contributed by atoms with E-state index >= 15 is 0 Å². The van der Waals surface area contributed by atoms with E-state index in [0.717, 1.165) is 37.4 Å². The van der Waals surface area contributed by atoms with Crippen molar-refractivity contribution in [3.05, 3.63) is 36.9 Å². The molecule has 3 heteroatoms. The van der Waals surface area contributed by atoms with Gasteiger partial charge >= 0.3 is 5.97 Å². The monoisotopic (exact) mass is 358 g/mol. The van der Waals surface area contributed by atoms with Crippen molar-refractivity contribution in [3.8, 4) is 11.5 Å². The molecule has 0 spiro atoms. The van der Waals surface area contributed by atoms with Gasteiger partial charge in [-0.2, -0.15) is 0 Å². The molecule has 0 amide bonds. The fourth-order valence-electron chi connectivity index (χ4n) is 3.59. The summed E-state index contributed by atoms with van der Waals surface area (Å²) in [5.41, 5.74) is 0. The Balaban J connectivity index is 1.70. The van der Waals surface area contributed by atoms with Crippen molar-refractivity contribution in [1.82, 2.24) is 0 Å². The van der Waals surface area contributed by atoms with Gasteiger partial charge in [0.1, 0.15) is 11.5 Å². The van der Waals surface area contributed by atoms with Crippen molar-refractivity contribution in [2.24, 2.45) is 11.8 Å².